The van der Waals surface area contributed by atoms with Crippen LogP contribution >= 0.6 is 24.0 Å². The van der Waals surface area contributed by atoms with Crippen LogP contribution in [0.3, 0.4) is 0 Å². The highest BCUT2D eigenvalue weighted by Crippen LogP contribution is 2.40. The van der Waals surface area contributed by atoms with Crippen LogP contribution in [-0.2, 0) is 6.42 Å². The van der Waals surface area contributed by atoms with Crippen molar-refractivity contribution < 1.29 is 19.0 Å². The standard InChI is InChI=1S/C28H38ClN3O4.ClH/c1-34-25-17-22(18-26(35-2)27(25)36-3)30-28(33)31-23-6-4-5-7-24(23)32-14-12-20(13-15-32)16-19-8-10-21(29)11-9-19;/h8-11,17-18,20,23-24H,4-7,12-16H2,1-3H3,(H2,30,31,33);1H/t23-,24+;/m1./s1. The number of halogens is 2. The Morgan fingerprint density at radius 1 is 0.946 bits per heavy atom. The number of piperidine rings is 1. The maximum Gasteiger partial charge on any atom is 0.319 e. The molecule has 0 bridgehead atoms. The molecule has 1 aliphatic heterocycles. The Morgan fingerprint density at radius 2 is 1.57 bits per heavy atom. The second kappa shape index (κ2) is 14.0. The Hall–Kier alpha value is -2.35. The van der Waals surface area contributed by atoms with E-state index in [0.29, 0.717) is 34.9 Å². The van der Waals surface area contributed by atoms with Crippen molar-refractivity contribution >= 4 is 35.7 Å². The highest BCUT2D eigenvalue weighted by Gasteiger charge is 2.33. The fourth-order valence-corrected chi connectivity index (χ4v) is 5.77. The van der Waals surface area contributed by atoms with E-state index in [2.05, 4.69) is 27.7 Å². The SMILES string of the molecule is COc1cc(NC(=O)N[C@@H]2CCCC[C@@H]2N2CCC(Cc3ccc(Cl)cc3)CC2)cc(OC)c1OC.Cl. The summed E-state index contributed by atoms with van der Waals surface area (Å²) in [5.74, 6) is 2.20. The van der Waals surface area contributed by atoms with Gasteiger partial charge in [0, 0.05) is 29.2 Å². The van der Waals surface area contributed by atoms with Gasteiger partial charge in [-0.2, -0.15) is 0 Å². The molecule has 2 aromatic rings. The van der Waals surface area contributed by atoms with Crippen LogP contribution in [-0.4, -0.2) is 57.4 Å². The van der Waals surface area contributed by atoms with Crippen molar-refractivity contribution in [2.45, 2.75) is 57.0 Å². The predicted octanol–water partition coefficient (Wildman–Crippen LogP) is 6.18. The number of amides is 2. The number of carbonyl (C=O) groups excluding carboxylic acids is 1. The van der Waals surface area contributed by atoms with E-state index in [4.69, 9.17) is 25.8 Å². The maximum atomic E-state index is 13.0. The van der Waals surface area contributed by atoms with Gasteiger partial charge in [0.1, 0.15) is 0 Å². The molecule has 0 spiro atoms. The van der Waals surface area contributed by atoms with Gasteiger partial charge in [-0.3, -0.25) is 4.90 Å². The second-order valence-electron chi connectivity index (χ2n) is 9.78. The molecule has 4 rings (SSSR count). The molecule has 37 heavy (non-hydrogen) atoms. The van der Waals surface area contributed by atoms with E-state index in [1.807, 2.05) is 12.1 Å². The number of methoxy groups -OCH3 is 3. The van der Waals surface area contributed by atoms with Crippen LogP contribution in [0.5, 0.6) is 17.2 Å². The summed E-state index contributed by atoms with van der Waals surface area (Å²) in [6.07, 6.45) is 7.94. The molecular weight excluding hydrogens is 513 g/mol. The van der Waals surface area contributed by atoms with Gasteiger partial charge in [-0.15, -0.1) is 12.4 Å². The molecule has 0 unspecified atom stereocenters. The molecular formula is C28H39Cl2N3O4. The smallest absolute Gasteiger partial charge is 0.319 e. The first kappa shape index (κ1) is 29.2. The fraction of sp³-hybridized carbons (Fsp3) is 0.536. The third kappa shape index (κ3) is 7.59. The minimum absolute atomic E-state index is 0. The van der Waals surface area contributed by atoms with Crippen LogP contribution in [0.2, 0.25) is 5.02 Å². The Morgan fingerprint density at radius 3 is 2.16 bits per heavy atom. The number of ether oxygens (including phenoxy) is 3. The fourth-order valence-electron chi connectivity index (χ4n) is 5.65. The number of nitrogens with one attached hydrogen (secondary N) is 2. The highest BCUT2D eigenvalue weighted by atomic mass is 35.5. The number of hydrogen-bond acceptors (Lipinski definition) is 5. The summed E-state index contributed by atoms with van der Waals surface area (Å²) in [6, 6.07) is 12.0. The average molecular weight is 553 g/mol. The zero-order valence-electron chi connectivity index (χ0n) is 21.9. The maximum absolute atomic E-state index is 13.0. The van der Waals surface area contributed by atoms with Crippen LogP contribution in [0.4, 0.5) is 10.5 Å². The number of likely N-dealkylation sites (tertiary alicyclic amines) is 1. The molecule has 2 aromatic carbocycles. The van der Waals surface area contributed by atoms with Gasteiger partial charge in [-0.25, -0.2) is 4.79 Å². The van der Waals surface area contributed by atoms with Gasteiger partial charge >= 0.3 is 6.03 Å². The largest absolute Gasteiger partial charge is 0.493 e. The van der Waals surface area contributed by atoms with Crippen molar-refractivity contribution in [3.63, 3.8) is 0 Å². The first-order valence-electron chi connectivity index (χ1n) is 12.9. The molecule has 0 aromatic heterocycles. The van der Waals surface area contributed by atoms with Crippen molar-refractivity contribution in [3.8, 4) is 17.2 Å². The van der Waals surface area contributed by atoms with Crippen molar-refractivity contribution in [1.82, 2.24) is 10.2 Å². The molecule has 2 amide bonds. The van der Waals surface area contributed by atoms with Crippen molar-refractivity contribution in [2.75, 3.05) is 39.7 Å². The third-order valence-electron chi connectivity index (χ3n) is 7.52. The number of anilines is 1. The Bertz CT molecular complexity index is 988. The normalized spacial score (nSPS) is 20.4. The molecule has 1 saturated heterocycles. The lowest BCUT2D eigenvalue weighted by Gasteiger charge is -2.43. The van der Waals surface area contributed by atoms with E-state index in [9.17, 15) is 4.79 Å². The molecule has 7 nitrogen and oxygen atoms in total. The highest BCUT2D eigenvalue weighted by molar-refractivity contribution is 6.30. The van der Waals surface area contributed by atoms with Gasteiger partial charge < -0.3 is 24.8 Å². The Balaban J connectivity index is 0.00000380. The lowest BCUT2D eigenvalue weighted by molar-refractivity contribution is 0.0859. The van der Waals surface area contributed by atoms with Gasteiger partial charge in [0.25, 0.3) is 0 Å². The molecule has 1 saturated carbocycles. The number of carbonyl (C=O) groups is 1. The van der Waals surface area contributed by atoms with E-state index in [-0.39, 0.29) is 24.5 Å². The summed E-state index contributed by atoms with van der Waals surface area (Å²) >= 11 is 6.04. The minimum Gasteiger partial charge on any atom is -0.493 e. The zero-order chi connectivity index (χ0) is 25.5. The molecule has 1 heterocycles. The lowest BCUT2D eigenvalue weighted by atomic mass is 9.85. The topological polar surface area (TPSA) is 72.1 Å². The van der Waals surface area contributed by atoms with Crippen LogP contribution in [0, 0.1) is 5.92 Å². The van der Waals surface area contributed by atoms with E-state index in [1.165, 1.54) is 24.8 Å². The minimum atomic E-state index is -0.209. The molecule has 1 aliphatic carbocycles. The average Bonchev–Trinajstić information content (AvgIpc) is 2.90. The number of rotatable bonds is 8. The summed E-state index contributed by atoms with van der Waals surface area (Å²) in [5.41, 5.74) is 1.95. The predicted molar refractivity (Wildman–Crippen MR) is 151 cm³/mol. The van der Waals surface area contributed by atoms with E-state index in [1.54, 1.807) is 33.5 Å². The molecule has 9 heteroatoms. The number of hydrogen-bond donors (Lipinski definition) is 2. The number of nitrogens with zero attached hydrogens (tertiary/aromatic N) is 1. The van der Waals surface area contributed by atoms with Crippen LogP contribution in [0.25, 0.3) is 0 Å². The zero-order valence-corrected chi connectivity index (χ0v) is 23.5. The van der Waals surface area contributed by atoms with Gasteiger partial charge in [-0.05, 0) is 68.8 Å². The van der Waals surface area contributed by atoms with Crippen molar-refractivity contribution in [3.05, 3.63) is 47.0 Å². The molecule has 2 atom stereocenters. The van der Waals surface area contributed by atoms with Crippen molar-refractivity contribution in [2.24, 2.45) is 5.92 Å². The quantitative estimate of drug-likeness (QED) is 0.410. The van der Waals surface area contributed by atoms with Crippen LogP contribution < -0.4 is 24.8 Å². The summed E-state index contributed by atoms with van der Waals surface area (Å²) in [5, 5.41) is 7.01. The van der Waals surface area contributed by atoms with Crippen LogP contribution in [0.1, 0.15) is 44.1 Å². The summed E-state index contributed by atoms with van der Waals surface area (Å²) in [4.78, 5) is 15.6. The Labute approximate surface area is 231 Å². The Kier molecular flexibility index (Phi) is 11.0. The van der Waals surface area contributed by atoms with Gasteiger partial charge in [0.15, 0.2) is 11.5 Å². The summed E-state index contributed by atoms with van der Waals surface area (Å²) in [7, 11) is 4.68. The van der Waals surface area contributed by atoms with Gasteiger partial charge in [-0.1, -0.05) is 36.6 Å². The summed E-state index contributed by atoms with van der Waals surface area (Å²) in [6.45, 7) is 2.16. The lowest BCUT2D eigenvalue weighted by Crippen LogP contribution is -2.55. The number of benzene rings is 2. The second-order valence-corrected chi connectivity index (χ2v) is 10.2. The third-order valence-corrected chi connectivity index (χ3v) is 7.78. The molecule has 0 radical (unpaired) electrons. The van der Waals surface area contributed by atoms with E-state index < -0.39 is 0 Å². The van der Waals surface area contributed by atoms with Crippen LogP contribution in [0.15, 0.2) is 36.4 Å². The van der Waals surface area contributed by atoms with E-state index >= 15 is 0 Å². The molecule has 204 valence electrons. The van der Waals surface area contributed by atoms with E-state index in [0.717, 1.165) is 43.8 Å². The molecule has 2 N–H and O–H groups in total. The molecule has 2 aliphatic rings. The monoisotopic (exact) mass is 551 g/mol. The van der Waals surface area contributed by atoms with Gasteiger partial charge in [0.05, 0.1) is 27.0 Å². The number of urea groups is 1. The molecule has 2 fully saturated rings. The summed E-state index contributed by atoms with van der Waals surface area (Å²) < 4.78 is 16.2. The van der Waals surface area contributed by atoms with Crippen molar-refractivity contribution in [1.29, 1.82) is 0 Å². The first-order chi connectivity index (χ1) is 17.5. The van der Waals surface area contributed by atoms with Gasteiger partial charge in [0.2, 0.25) is 5.75 Å². The first-order valence-corrected chi connectivity index (χ1v) is 13.2.